The van der Waals surface area contributed by atoms with Crippen molar-refractivity contribution in [3.63, 3.8) is 0 Å². The predicted molar refractivity (Wildman–Crippen MR) is 84.4 cm³/mol. The highest BCUT2D eigenvalue weighted by Crippen LogP contribution is 2.23. The van der Waals surface area contributed by atoms with Crippen LogP contribution in [-0.4, -0.2) is 15.0 Å². The van der Waals surface area contributed by atoms with E-state index in [4.69, 9.17) is 0 Å². The van der Waals surface area contributed by atoms with Gasteiger partial charge >= 0.3 is 0 Å². The lowest BCUT2D eigenvalue weighted by Crippen LogP contribution is -2.27. The summed E-state index contributed by atoms with van der Waals surface area (Å²) in [7, 11) is -3.74. The first-order valence-electron chi connectivity index (χ1n) is 6.35. The third kappa shape index (κ3) is 4.12. The number of rotatable bonds is 5. The van der Waals surface area contributed by atoms with Gasteiger partial charge < -0.3 is 0 Å². The lowest BCUT2D eigenvalue weighted by atomic mass is 10.2. The van der Waals surface area contributed by atoms with Crippen LogP contribution in [0.3, 0.4) is 0 Å². The lowest BCUT2D eigenvalue weighted by molar-refractivity contribution is 0.576. The number of alkyl halides is 1. The molecule has 2 aromatic rings. The molecule has 21 heavy (non-hydrogen) atoms. The Kier molecular flexibility index (Phi) is 5.13. The summed E-state index contributed by atoms with van der Waals surface area (Å²) in [4.78, 5) is -0.183. The molecule has 2 aromatic carbocycles. The van der Waals surface area contributed by atoms with Gasteiger partial charge in [-0.2, -0.15) is 0 Å². The maximum Gasteiger partial charge on any atom is 0.240 e. The zero-order valence-electron chi connectivity index (χ0n) is 11.4. The maximum atomic E-state index is 13.2. The molecule has 1 N–H and O–H groups in total. The summed E-state index contributed by atoms with van der Waals surface area (Å²) >= 11 is 3.44. The molecule has 0 aliphatic rings. The molecule has 0 amide bonds. The van der Waals surface area contributed by atoms with Gasteiger partial charge in [-0.05, 0) is 30.2 Å². The van der Waals surface area contributed by atoms with Crippen LogP contribution in [0.4, 0.5) is 4.39 Å². The summed E-state index contributed by atoms with van der Waals surface area (Å²) in [6.07, 6.45) is 0. The van der Waals surface area contributed by atoms with Gasteiger partial charge in [0.15, 0.2) is 0 Å². The lowest BCUT2D eigenvalue weighted by Gasteiger charge is -2.13. The molecule has 1 unspecified atom stereocenters. The van der Waals surface area contributed by atoms with Gasteiger partial charge in [0, 0.05) is 6.54 Å². The largest absolute Gasteiger partial charge is 0.240 e. The third-order valence-corrected chi connectivity index (χ3v) is 5.47. The fourth-order valence-corrected chi connectivity index (χ4v) is 3.89. The third-order valence-electron chi connectivity index (χ3n) is 3.05. The van der Waals surface area contributed by atoms with Gasteiger partial charge in [-0.1, -0.05) is 52.3 Å². The minimum Gasteiger partial charge on any atom is -0.210 e. The molecule has 0 aromatic heterocycles. The van der Waals surface area contributed by atoms with Crippen molar-refractivity contribution in [3.05, 3.63) is 65.5 Å². The van der Waals surface area contributed by atoms with Crippen molar-refractivity contribution in [2.24, 2.45) is 0 Å². The first-order valence-corrected chi connectivity index (χ1v) is 8.75. The molecular weight excluding hydrogens is 357 g/mol. The molecule has 0 aliphatic heterocycles. The molecule has 0 saturated heterocycles. The average molecular weight is 372 g/mol. The minimum absolute atomic E-state index is 0.0322. The fraction of sp³-hybridized carbons (Fsp3) is 0.200. The van der Waals surface area contributed by atoms with E-state index in [1.807, 2.05) is 30.3 Å². The molecule has 0 saturated carbocycles. The Labute approximate surface area is 132 Å². The summed E-state index contributed by atoms with van der Waals surface area (Å²) in [6, 6.07) is 13.2. The van der Waals surface area contributed by atoms with E-state index in [0.29, 0.717) is 5.56 Å². The molecule has 0 spiro atoms. The van der Waals surface area contributed by atoms with Crippen LogP contribution in [0.25, 0.3) is 0 Å². The summed E-state index contributed by atoms with van der Waals surface area (Å²) < 4.78 is 40.2. The van der Waals surface area contributed by atoms with Gasteiger partial charge in [-0.25, -0.2) is 17.5 Å². The van der Waals surface area contributed by atoms with E-state index in [0.717, 1.165) is 11.6 Å². The first kappa shape index (κ1) is 16.1. The highest BCUT2D eigenvalue weighted by molar-refractivity contribution is 9.09. The van der Waals surface area contributed by atoms with E-state index in [2.05, 4.69) is 20.7 Å². The molecule has 0 heterocycles. The Hall–Kier alpha value is -1.24. The number of sulfonamides is 1. The van der Waals surface area contributed by atoms with Gasteiger partial charge in [0.1, 0.15) is 5.82 Å². The highest BCUT2D eigenvalue weighted by Gasteiger charge is 2.19. The normalized spacial score (nSPS) is 13.1. The predicted octanol–water partition coefficient (Wildman–Crippen LogP) is 3.55. The number of halogens is 2. The smallest absolute Gasteiger partial charge is 0.210 e. The summed E-state index contributed by atoms with van der Waals surface area (Å²) in [6.45, 7) is 1.82. The number of benzene rings is 2. The quantitative estimate of drug-likeness (QED) is 0.816. The van der Waals surface area contributed by atoms with E-state index in [1.165, 1.54) is 12.1 Å². The van der Waals surface area contributed by atoms with E-state index in [-0.39, 0.29) is 16.3 Å². The number of nitrogens with one attached hydrogen (secondary N) is 1. The average Bonchev–Trinajstić information content (AvgIpc) is 2.48. The van der Waals surface area contributed by atoms with Crippen molar-refractivity contribution >= 4 is 26.0 Å². The van der Waals surface area contributed by atoms with Crippen molar-refractivity contribution in [1.82, 2.24) is 4.72 Å². The van der Waals surface area contributed by atoms with Crippen molar-refractivity contribution in [1.29, 1.82) is 0 Å². The van der Waals surface area contributed by atoms with Crippen LogP contribution in [0.5, 0.6) is 0 Å². The van der Waals surface area contributed by atoms with Crippen LogP contribution >= 0.6 is 15.9 Å². The Morgan fingerprint density at radius 3 is 2.52 bits per heavy atom. The van der Waals surface area contributed by atoms with Crippen LogP contribution < -0.4 is 4.72 Å². The summed E-state index contributed by atoms with van der Waals surface area (Å²) in [5.41, 5.74) is 1.48. The van der Waals surface area contributed by atoms with Crippen molar-refractivity contribution < 1.29 is 12.8 Å². The number of hydrogen-bond donors (Lipinski definition) is 1. The second-order valence-corrected chi connectivity index (χ2v) is 7.48. The molecule has 0 radical (unpaired) electrons. The van der Waals surface area contributed by atoms with Crippen LogP contribution in [0.2, 0.25) is 0 Å². The molecule has 1 atom stereocenters. The SMILES string of the molecule is Cc1ccc(F)cc1S(=O)(=O)NCC(Br)c1ccccc1. The highest BCUT2D eigenvalue weighted by atomic mass is 79.9. The molecule has 0 bridgehead atoms. The zero-order chi connectivity index (χ0) is 15.5. The fourth-order valence-electron chi connectivity index (χ4n) is 1.90. The molecule has 2 rings (SSSR count). The standard InChI is InChI=1S/C15H15BrFNO2S/c1-11-7-8-13(17)9-15(11)21(19,20)18-10-14(16)12-5-3-2-4-6-12/h2-9,14,18H,10H2,1H3. The molecule has 112 valence electrons. The Morgan fingerprint density at radius 1 is 1.19 bits per heavy atom. The molecular formula is C15H15BrFNO2S. The van der Waals surface area contributed by atoms with Crippen LogP contribution in [0.1, 0.15) is 16.0 Å². The second-order valence-electron chi connectivity index (χ2n) is 4.64. The minimum atomic E-state index is -3.74. The van der Waals surface area contributed by atoms with Crippen LogP contribution in [-0.2, 0) is 10.0 Å². The molecule has 6 heteroatoms. The maximum absolute atomic E-state index is 13.2. The van der Waals surface area contributed by atoms with E-state index in [9.17, 15) is 12.8 Å². The van der Waals surface area contributed by atoms with Gasteiger partial charge in [-0.3, -0.25) is 0 Å². The summed E-state index contributed by atoms with van der Waals surface area (Å²) in [5, 5.41) is 0. The van der Waals surface area contributed by atoms with Crippen molar-refractivity contribution in [3.8, 4) is 0 Å². The van der Waals surface area contributed by atoms with Crippen LogP contribution in [0.15, 0.2) is 53.4 Å². The second kappa shape index (κ2) is 6.68. The van der Waals surface area contributed by atoms with E-state index < -0.39 is 15.8 Å². The van der Waals surface area contributed by atoms with Crippen LogP contribution in [0, 0.1) is 12.7 Å². The van der Waals surface area contributed by atoms with Gasteiger partial charge in [-0.15, -0.1) is 0 Å². The first-order chi connectivity index (χ1) is 9.90. The molecule has 0 fully saturated rings. The number of hydrogen-bond acceptors (Lipinski definition) is 2. The zero-order valence-corrected chi connectivity index (χ0v) is 13.8. The van der Waals surface area contributed by atoms with Gasteiger partial charge in [0.25, 0.3) is 0 Å². The van der Waals surface area contributed by atoms with E-state index >= 15 is 0 Å². The van der Waals surface area contributed by atoms with Gasteiger partial charge in [0.05, 0.1) is 9.72 Å². The summed E-state index contributed by atoms with van der Waals surface area (Å²) in [5.74, 6) is -0.570. The topological polar surface area (TPSA) is 46.2 Å². The Morgan fingerprint density at radius 2 is 1.86 bits per heavy atom. The monoisotopic (exact) mass is 371 g/mol. The van der Waals surface area contributed by atoms with Gasteiger partial charge in [0.2, 0.25) is 10.0 Å². The van der Waals surface area contributed by atoms with Crippen molar-refractivity contribution in [2.45, 2.75) is 16.6 Å². The Balaban J connectivity index is 2.13. The number of aryl methyl sites for hydroxylation is 1. The molecule has 0 aliphatic carbocycles. The van der Waals surface area contributed by atoms with E-state index in [1.54, 1.807) is 6.92 Å². The molecule has 3 nitrogen and oxygen atoms in total. The Bertz CT molecular complexity index is 720. The van der Waals surface area contributed by atoms with Crippen molar-refractivity contribution in [2.75, 3.05) is 6.54 Å².